The van der Waals surface area contributed by atoms with Crippen molar-refractivity contribution in [3.8, 4) is 6.07 Å². The zero-order valence-electron chi connectivity index (χ0n) is 22.4. The van der Waals surface area contributed by atoms with Crippen LogP contribution in [-0.4, -0.2) is 41.3 Å². The third kappa shape index (κ3) is 7.25. The van der Waals surface area contributed by atoms with Crippen LogP contribution >= 0.6 is 23.2 Å². The van der Waals surface area contributed by atoms with Gasteiger partial charge >= 0.3 is 0 Å². The number of ether oxygens (including phenoxy) is 1. The molecule has 1 aliphatic heterocycles. The summed E-state index contributed by atoms with van der Waals surface area (Å²) in [6.07, 6.45) is -0.441. The van der Waals surface area contributed by atoms with E-state index in [-0.39, 0.29) is 18.9 Å². The number of benzene rings is 3. The molecule has 4 atom stereocenters. The molecule has 0 aliphatic carbocycles. The van der Waals surface area contributed by atoms with Crippen LogP contribution in [0.4, 0.5) is 0 Å². The van der Waals surface area contributed by atoms with Crippen molar-refractivity contribution in [3.05, 3.63) is 105 Å². The van der Waals surface area contributed by atoms with Crippen LogP contribution in [0.2, 0.25) is 10.0 Å². The summed E-state index contributed by atoms with van der Waals surface area (Å²) in [4.78, 5) is 40.9. The Morgan fingerprint density at radius 1 is 1.00 bits per heavy atom. The maximum absolute atomic E-state index is 14.3. The lowest BCUT2D eigenvalue weighted by Gasteiger charge is -2.47. The molecule has 4 rings (SSSR count). The van der Waals surface area contributed by atoms with Gasteiger partial charge in [-0.15, -0.1) is 0 Å². The summed E-state index contributed by atoms with van der Waals surface area (Å²) in [5.41, 5.74) is 8.09. The van der Waals surface area contributed by atoms with Crippen molar-refractivity contribution in [1.82, 2.24) is 10.2 Å². The van der Waals surface area contributed by atoms with Crippen LogP contribution in [0.1, 0.15) is 54.2 Å². The lowest BCUT2D eigenvalue weighted by atomic mass is 9.88. The number of carbonyl (C=O) groups excluding carboxylic acids is 3. The van der Waals surface area contributed by atoms with E-state index in [1.54, 1.807) is 53.4 Å². The van der Waals surface area contributed by atoms with E-state index in [2.05, 4.69) is 11.4 Å². The molecule has 8 nitrogen and oxygen atoms in total. The van der Waals surface area contributed by atoms with Gasteiger partial charge < -0.3 is 20.7 Å². The Morgan fingerprint density at radius 2 is 1.59 bits per heavy atom. The van der Waals surface area contributed by atoms with Gasteiger partial charge in [0.2, 0.25) is 11.8 Å². The van der Waals surface area contributed by atoms with Crippen molar-refractivity contribution in [3.63, 3.8) is 0 Å². The van der Waals surface area contributed by atoms with Gasteiger partial charge in [-0.25, -0.2) is 0 Å². The molecule has 3 aromatic carbocycles. The summed E-state index contributed by atoms with van der Waals surface area (Å²) in [6, 6.07) is 21.7. The number of halogens is 2. The Kier molecular flexibility index (Phi) is 10.0. The third-order valence-electron chi connectivity index (χ3n) is 6.98. The predicted molar refractivity (Wildman–Crippen MR) is 156 cm³/mol. The first-order chi connectivity index (χ1) is 19.7. The van der Waals surface area contributed by atoms with Crippen molar-refractivity contribution in [2.45, 2.75) is 50.5 Å². The van der Waals surface area contributed by atoms with Gasteiger partial charge in [0.1, 0.15) is 18.2 Å². The second-order valence-electron chi connectivity index (χ2n) is 9.84. The van der Waals surface area contributed by atoms with Crippen LogP contribution in [-0.2, 0) is 25.5 Å². The zero-order chi connectivity index (χ0) is 29.5. The molecule has 212 valence electrons. The van der Waals surface area contributed by atoms with E-state index in [0.29, 0.717) is 28.5 Å². The maximum Gasteiger partial charge on any atom is 0.253 e. The number of nitriles is 1. The number of nitrogens with two attached hydrogens (primary N) is 1. The molecule has 1 fully saturated rings. The average Bonchev–Trinajstić information content (AvgIpc) is 2.97. The van der Waals surface area contributed by atoms with Gasteiger partial charge in [0.15, 0.2) is 0 Å². The van der Waals surface area contributed by atoms with Crippen LogP contribution in [0.3, 0.4) is 0 Å². The number of morpholine rings is 1. The van der Waals surface area contributed by atoms with Crippen LogP contribution in [0.25, 0.3) is 0 Å². The van der Waals surface area contributed by atoms with Gasteiger partial charge in [-0.2, -0.15) is 5.26 Å². The topological polar surface area (TPSA) is 126 Å². The molecule has 41 heavy (non-hydrogen) atoms. The first-order valence-corrected chi connectivity index (χ1v) is 14.0. The first-order valence-electron chi connectivity index (χ1n) is 13.3. The van der Waals surface area contributed by atoms with Gasteiger partial charge in [-0.3, -0.25) is 14.4 Å². The van der Waals surface area contributed by atoms with Gasteiger partial charge in [-0.1, -0.05) is 72.9 Å². The van der Waals surface area contributed by atoms with E-state index in [0.717, 1.165) is 16.7 Å². The SMILES string of the molecule is CCCC(C(=O)NCC(N)=O)N1C(=O)[C@H](Cc2ccc(C#N)cc2)O[C@@H](c2ccc(Cl)cc2)[C@H]1c1ccc(Cl)cc1. The van der Waals surface area contributed by atoms with Gasteiger partial charge in [0.25, 0.3) is 5.91 Å². The Balaban J connectivity index is 1.84. The highest BCUT2D eigenvalue weighted by Crippen LogP contribution is 2.44. The summed E-state index contributed by atoms with van der Waals surface area (Å²) < 4.78 is 6.58. The van der Waals surface area contributed by atoms with Crippen molar-refractivity contribution < 1.29 is 19.1 Å². The van der Waals surface area contributed by atoms with E-state index in [1.165, 1.54) is 0 Å². The van der Waals surface area contributed by atoms with Crippen molar-refractivity contribution in [2.75, 3.05) is 6.54 Å². The van der Waals surface area contributed by atoms with Crippen LogP contribution in [0, 0.1) is 11.3 Å². The molecule has 3 amide bonds. The summed E-state index contributed by atoms with van der Waals surface area (Å²) in [7, 11) is 0. The van der Waals surface area contributed by atoms with E-state index < -0.39 is 36.1 Å². The van der Waals surface area contributed by atoms with Gasteiger partial charge in [-0.05, 0) is 59.5 Å². The number of amides is 3. The summed E-state index contributed by atoms with van der Waals surface area (Å²) in [5, 5.41) is 12.8. The molecular weight excluding hydrogens is 563 g/mol. The number of hydrogen-bond acceptors (Lipinski definition) is 5. The molecule has 1 saturated heterocycles. The largest absolute Gasteiger partial charge is 0.368 e. The zero-order valence-corrected chi connectivity index (χ0v) is 23.9. The predicted octanol–water partition coefficient (Wildman–Crippen LogP) is 4.89. The maximum atomic E-state index is 14.3. The second kappa shape index (κ2) is 13.6. The number of nitrogens with zero attached hydrogens (tertiary/aromatic N) is 2. The summed E-state index contributed by atoms with van der Waals surface area (Å²) in [6.45, 7) is 1.57. The minimum absolute atomic E-state index is 0.222. The Labute approximate surface area is 249 Å². The number of nitrogens with one attached hydrogen (secondary N) is 1. The highest BCUT2D eigenvalue weighted by Gasteiger charge is 2.48. The molecule has 3 aromatic rings. The van der Waals surface area contributed by atoms with E-state index in [1.807, 2.05) is 31.2 Å². The van der Waals surface area contributed by atoms with E-state index in [9.17, 15) is 19.6 Å². The Bertz CT molecular complexity index is 1420. The fourth-order valence-corrected chi connectivity index (χ4v) is 5.29. The molecule has 1 unspecified atom stereocenters. The molecule has 0 saturated carbocycles. The summed E-state index contributed by atoms with van der Waals surface area (Å²) in [5.74, 6) is -1.53. The smallest absolute Gasteiger partial charge is 0.253 e. The normalized spacial score (nSPS) is 19.3. The number of carbonyl (C=O) groups is 3. The molecule has 0 radical (unpaired) electrons. The molecule has 3 N–H and O–H groups in total. The Hall–Kier alpha value is -3.90. The summed E-state index contributed by atoms with van der Waals surface area (Å²) >= 11 is 12.4. The molecular formula is C31H30Cl2N4O4. The Morgan fingerprint density at radius 3 is 2.12 bits per heavy atom. The van der Waals surface area contributed by atoms with Gasteiger partial charge in [0.05, 0.1) is 24.2 Å². The van der Waals surface area contributed by atoms with E-state index in [4.69, 9.17) is 33.7 Å². The lowest BCUT2D eigenvalue weighted by Crippen LogP contribution is -2.59. The molecule has 10 heteroatoms. The van der Waals surface area contributed by atoms with Crippen molar-refractivity contribution in [2.24, 2.45) is 5.73 Å². The van der Waals surface area contributed by atoms with Crippen molar-refractivity contribution in [1.29, 1.82) is 5.26 Å². The van der Waals surface area contributed by atoms with Crippen molar-refractivity contribution >= 4 is 40.9 Å². The molecule has 1 aliphatic rings. The number of rotatable bonds is 10. The van der Waals surface area contributed by atoms with Crippen LogP contribution < -0.4 is 11.1 Å². The number of hydrogen-bond donors (Lipinski definition) is 2. The molecule has 0 bridgehead atoms. The lowest BCUT2D eigenvalue weighted by molar-refractivity contribution is -0.181. The minimum Gasteiger partial charge on any atom is -0.368 e. The highest BCUT2D eigenvalue weighted by atomic mass is 35.5. The molecule has 1 heterocycles. The highest BCUT2D eigenvalue weighted by molar-refractivity contribution is 6.30. The monoisotopic (exact) mass is 592 g/mol. The van der Waals surface area contributed by atoms with Gasteiger partial charge in [0, 0.05) is 16.5 Å². The quantitative estimate of drug-likeness (QED) is 0.347. The van der Waals surface area contributed by atoms with Crippen LogP contribution in [0.5, 0.6) is 0 Å². The fraction of sp³-hybridized carbons (Fsp3) is 0.290. The average molecular weight is 594 g/mol. The second-order valence-corrected chi connectivity index (χ2v) is 10.7. The number of primary amides is 1. The molecule has 0 spiro atoms. The van der Waals surface area contributed by atoms with Crippen LogP contribution in [0.15, 0.2) is 72.8 Å². The van der Waals surface area contributed by atoms with E-state index >= 15 is 0 Å². The minimum atomic E-state index is -0.935. The first kappa shape index (κ1) is 30.1. The molecule has 0 aromatic heterocycles. The third-order valence-corrected chi connectivity index (χ3v) is 7.48. The standard InChI is InChI=1S/C31H30Cl2N4O4/c1-2-3-25(30(39)36-18-27(35)38)37-28(21-8-12-23(32)13-9-21)29(22-10-14-24(33)15-11-22)41-26(31(37)40)16-19-4-6-20(17-34)7-5-19/h4-15,25-26,28-29H,2-3,16,18H2,1H3,(H2,35,38)(H,36,39)/t25?,26-,28+,29-/m0/s1. The fourth-order valence-electron chi connectivity index (χ4n) is 5.04.